The zero-order valence-electron chi connectivity index (χ0n) is 15.8. The van der Waals surface area contributed by atoms with E-state index in [-0.39, 0.29) is 25.0 Å². The number of aromatic nitrogens is 2. The van der Waals surface area contributed by atoms with E-state index in [9.17, 15) is 24.0 Å². The first-order valence-corrected chi connectivity index (χ1v) is 9.43. The maximum absolute atomic E-state index is 12.5. The summed E-state index contributed by atoms with van der Waals surface area (Å²) in [7, 11) is 0. The van der Waals surface area contributed by atoms with Crippen LogP contribution in [0.3, 0.4) is 0 Å². The summed E-state index contributed by atoms with van der Waals surface area (Å²) in [4.78, 5) is 64.8. The molecular weight excluding hydrogens is 420 g/mol. The molecule has 13 nitrogen and oxygen atoms in total. The monoisotopic (exact) mass is 444 g/mol. The number of nitrogens with one attached hydrogen (secondary N) is 4. The summed E-state index contributed by atoms with van der Waals surface area (Å²) in [5.74, 6) is -4.74. The molecule has 30 heavy (non-hydrogen) atoms. The summed E-state index contributed by atoms with van der Waals surface area (Å²) in [6.07, 6.45) is 2.36. The Hall–Kier alpha value is -3.13. The van der Waals surface area contributed by atoms with Crippen LogP contribution in [0, 0.1) is 0 Å². The minimum absolute atomic E-state index is 0.0114. The third-order valence-corrected chi connectivity index (χ3v) is 4.21. The lowest BCUT2D eigenvalue weighted by molar-refractivity contribution is -0.139. The van der Waals surface area contributed by atoms with Crippen molar-refractivity contribution in [2.75, 3.05) is 12.3 Å². The van der Waals surface area contributed by atoms with Crippen LogP contribution in [0.15, 0.2) is 12.5 Å². The number of carboxylic acids is 2. The smallest absolute Gasteiger partial charge is 0.322 e. The summed E-state index contributed by atoms with van der Waals surface area (Å²) in [6.45, 7) is -0.640. The molecule has 166 valence electrons. The molecule has 0 saturated heterocycles. The topological polar surface area (TPSA) is 217 Å². The summed E-state index contributed by atoms with van der Waals surface area (Å²) in [6, 6.07) is -3.46. The molecule has 3 atom stereocenters. The van der Waals surface area contributed by atoms with Crippen molar-refractivity contribution >= 4 is 42.3 Å². The molecule has 0 aromatic carbocycles. The minimum Gasteiger partial charge on any atom is -0.481 e. The van der Waals surface area contributed by atoms with Gasteiger partial charge in [-0.05, 0) is 6.42 Å². The van der Waals surface area contributed by atoms with Gasteiger partial charge in [-0.3, -0.25) is 24.0 Å². The number of carbonyl (C=O) groups excluding carboxylic acids is 3. The van der Waals surface area contributed by atoms with E-state index in [0.29, 0.717) is 5.69 Å². The highest BCUT2D eigenvalue weighted by atomic mass is 32.1. The highest BCUT2D eigenvalue weighted by Crippen LogP contribution is 2.02. The molecule has 0 fully saturated rings. The summed E-state index contributed by atoms with van der Waals surface area (Å²) in [5.41, 5.74) is 6.12. The van der Waals surface area contributed by atoms with Gasteiger partial charge in [-0.2, -0.15) is 12.6 Å². The molecule has 3 unspecified atom stereocenters. The van der Waals surface area contributed by atoms with Gasteiger partial charge >= 0.3 is 11.9 Å². The number of aliphatic carboxylic acids is 2. The predicted molar refractivity (Wildman–Crippen MR) is 105 cm³/mol. The Morgan fingerprint density at radius 1 is 1.07 bits per heavy atom. The molecule has 0 aliphatic carbocycles. The second-order valence-corrected chi connectivity index (χ2v) is 6.60. The van der Waals surface area contributed by atoms with Gasteiger partial charge in [-0.25, -0.2) is 4.98 Å². The van der Waals surface area contributed by atoms with Crippen LogP contribution in [0.2, 0.25) is 0 Å². The van der Waals surface area contributed by atoms with Gasteiger partial charge in [0.25, 0.3) is 0 Å². The van der Waals surface area contributed by atoms with Crippen molar-refractivity contribution in [2.24, 2.45) is 5.73 Å². The molecule has 1 rings (SSSR count). The number of imidazole rings is 1. The number of thiol groups is 1. The van der Waals surface area contributed by atoms with Gasteiger partial charge in [0.1, 0.15) is 18.6 Å². The number of hydrogen-bond donors (Lipinski definition) is 8. The summed E-state index contributed by atoms with van der Waals surface area (Å²) < 4.78 is 0. The van der Waals surface area contributed by atoms with Crippen LogP contribution in [-0.2, 0) is 30.4 Å². The van der Waals surface area contributed by atoms with E-state index in [1.807, 2.05) is 0 Å². The molecule has 8 N–H and O–H groups in total. The lowest BCUT2D eigenvalue weighted by atomic mass is 10.1. The maximum Gasteiger partial charge on any atom is 0.322 e. The Labute approximate surface area is 176 Å². The van der Waals surface area contributed by atoms with E-state index >= 15 is 0 Å². The normalized spacial score (nSPS) is 13.5. The average Bonchev–Trinajstić information content (AvgIpc) is 3.20. The third-order valence-electron chi connectivity index (χ3n) is 3.85. The fourth-order valence-electron chi connectivity index (χ4n) is 2.27. The molecule has 0 spiro atoms. The van der Waals surface area contributed by atoms with Crippen molar-refractivity contribution in [3.05, 3.63) is 18.2 Å². The zero-order valence-corrected chi connectivity index (χ0v) is 16.7. The molecule has 1 heterocycles. The standard InChI is InChI=1S/C16H24N6O7S/c17-9(1-2-12(23)24)14(27)22-11(6-30)16(29)21-10(3-8-4-18-7-20-8)15(28)19-5-13(25)26/h4,7,9-11,30H,1-3,5-6,17H2,(H,18,20)(H,19,28)(H,21,29)(H,22,27)(H,23,24)(H,25,26). The van der Waals surface area contributed by atoms with E-state index in [1.54, 1.807) is 0 Å². The first kappa shape index (κ1) is 24.9. The van der Waals surface area contributed by atoms with Crippen LogP contribution in [0.5, 0.6) is 0 Å². The Kier molecular flexibility index (Phi) is 10.3. The van der Waals surface area contributed by atoms with Crippen LogP contribution < -0.4 is 21.7 Å². The van der Waals surface area contributed by atoms with Crippen LogP contribution in [0.1, 0.15) is 18.5 Å². The number of nitrogens with two attached hydrogens (primary N) is 1. The van der Waals surface area contributed by atoms with Crippen molar-refractivity contribution in [2.45, 2.75) is 37.4 Å². The largest absolute Gasteiger partial charge is 0.481 e. The van der Waals surface area contributed by atoms with Crippen LogP contribution in [0.25, 0.3) is 0 Å². The molecule has 0 radical (unpaired) electrons. The second-order valence-electron chi connectivity index (χ2n) is 6.24. The molecule has 0 aliphatic rings. The first-order valence-electron chi connectivity index (χ1n) is 8.79. The minimum atomic E-state index is -1.26. The number of carboxylic acid groups (broad SMARTS) is 2. The molecule has 3 amide bonds. The Balaban J connectivity index is 2.77. The lowest BCUT2D eigenvalue weighted by Gasteiger charge is -2.22. The highest BCUT2D eigenvalue weighted by molar-refractivity contribution is 7.80. The van der Waals surface area contributed by atoms with Crippen molar-refractivity contribution in [1.29, 1.82) is 0 Å². The van der Waals surface area contributed by atoms with Gasteiger partial charge in [-0.15, -0.1) is 0 Å². The molecule has 0 bridgehead atoms. The Morgan fingerprint density at radius 2 is 1.73 bits per heavy atom. The number of hydrogen-bond acceptors (Lipinski definition) is 8. The van der Waals surface area contributed by atoms with Crippen LogP contribution in [-0.4, -0.2) is 80.3 Å². The van der Waals surface area contributed by atoms with Crippen molar-refractivity contribution in [1.82, 2.24) is 25.9 Å². The molecule has 0 aliphatic heterocycles. The quantitative estimate of drug-likeness (QED) is 0.148. The van der Waals surface area contributed by atoms with Gasteiger partial charge in [-0.1, -0.05) is 0 Å². The van der Waals surface area contributed by atoms with E-state index in [1.165, 1.54) is 12.5 Å². The Bertz CT molecular complexity index is 757. The van der Waals surface area contributed by atoms with Crippen molar-refractivity contribution in [3.63, 3.8) is 0 Å². The Morgan fingerprint density at radius 3 is 2.27 bits per heavy atom. The molecule has 0 saturated carbocycles. The maximum atomic E-state index is 12.5. The fraction of sp³-hybridized carbons (Fsp3) is 0.500. The van der Waals surface area contributed by atoms with Gasteiger partial charge in [0.2, 0.25) is 17.7 Å². The number of carbonyl (C=O) groups is 5. The lowest BCUT2D eigenvalue weighted by Crippen LogP contribution is -2.57. The second kappa shape index (κ2) is 12.4. The SMILES string of the molecule is NC(CCC(=O)O)C(=O)NC(CS)C(=O)NC(Cc1cnc[nH]1)C(=O)NCC(=O)O. The predicted octanol–water partition coefficient (Wildman–Crippen LogP) is -2.76. The molecule has 1 aromatic rings. The fourth-order valence-corrected chi connectivity index (χ4v) is 2.52. The number of rotatable bonds is 13. The highest BCUT2D eigenvalue weighted by Gasteiger charge is 2.28. The van der Waals surface area contributed by atoms with Gasteiger partial charge in [0.05, 0.1) is 12.4 Å². The number of amides is 3. The van der Waals surface area contributed by atoms with E-state index in [2.05, 4.69) is 38.5 Å². The molecule has 14 heteroatoms. The van der Waals surface area contributed by atoms with Crippen LogP contribution >= 0.6 is 12.6 Å². The average molecular weight is 444 g/mol. The number of aromatic amines is 1. The van der Waals surface area contributed by atoms with Gasteiger partial charge in [0, 0.05) is 30.5 Å². The molecule has 1 aromatic heterocycles. The van der Waals surface area contributed by atoms with Crippen molar-refractivity contribution in [3.8, 4) is 0 Å². The summed E-state index contributed by atoms with van der Waals surface area (Å²) in [5, 5.41) is 24.3. The summed E-state index contributed by atoms with van der Waals surface area (Å²) >= 11 is 4.01. The first-order chi connectivity index (χ1) is 14.1. The number of H-pyrrole nitrogens is 1. The molecular formula is C16H24N6O7S. The van der Waals surface area contributed by atoms with Crippen LogP contribution in [0.4, 0.5) is 0 Å². The number of nitrogens with zero attached hydrogens (tertiary/aromatic N) is 1. The van der Waals surface area contributed by atoms with Gasteiger partial charge < -0.3 is 36.9 Å². The van der Waals surface area contributed by atoms with E-state index in [0.717, 1.165) is 0 Å². The zero-order chi connectivity index (χ0) is 22.7. The van der Waals surface area contributed by atoms with Gasteiger partial charge in [0.15, 0.2) is 0 Å². The van der Waals surface area contributed by atoms with Crippen molar-refractivity contribution < 1.29 is 34.2 Å². The third kappa shape index (κ3) is 8.91. The van der Waals surface area contributed by atoms with E-state index < -0.39 is 54.3 Å². The van der Waals surface area contributed by atoms with E-state index in [4.69, 9.17) is 15.9 Å².